The normalized spacial score (nSPS) is 12.5. The smallest absolute Gasteiger partial charge is 0.268 e. The Balaban J connectivity index is 1.35. The van der Waals surface area contributed by atoms with Crippen molar-refractivity contribution in [3.05, 3.63) is 83.4 Å². The second-order valence-corrected chi connectivity index (χ2v) is 8.14. The average molecular weight is 485 g/mol. The Morgan fingerprint density at radius 1 is 0.944 bits per heavy atom. The monoisotopic (exact) mass is 484 g/mol. The van der Waals surface area contributed by atoms with Gasteiger partial charge in [-0.3, -0.25) is 4.79 Å². The number of anilines is 1. The van der Waals surface area contributed by atoms with Gasteiger partial charge in [-0.15, -0.1) is 0 Å². The van der Waals surface area contributed by atoms with E-state index in [0.29, 0.717) is 43.2 Å². The number of para-hydroxylation sites is 1. The highest BCUT2D eigenvalue weighted by atomic mass is 16.5. The van der Waals surface area contributed by atoms with E-state index in [4.69, 9.17) is 18.9 Å². The number of methoxy groups -OCH3 is 2. The Morgan fingerprint density at radius 2 is 1.69 bits per heavy atom. The fourth-order valence-corrected chi connectivity index (χ4v) is 4.00. The average Bonchev–Trinajstić information content (AvgIpc) is 3.36. The number of carbonyl (C=O) groups is 1. The summed E-state index contributed by atoms with van der Waals surface area (Å²) in [5.74, 6) is 2.35. The zero-order chi connectivity index (χ0) is 25.3. The number of rotatable bonds is 10. The van der Waals surface area contributed by atoms with Gasteiger partial charge in [0.05, 0.1) is 27.4 Å². The van der Waals surface area contributed by atoms with Crippen LogP contribution in [0.4, 0.5) is 5.69 Å². The van der Waals surface area contributed by atoms with Gasteiger partial charge in [-0.1, -0.05) is 24.3 Å². The summed E-state index contributed by atoms with van der Waals surface area (Å²) < 4.78 is 22.2. The van der Waals surface area contributed by atoms with Crippen LogP contribution in [-0.2, 0) is 11.2 Å². The van der Waals surface area contributed by atoms with Crippen LogP contribution in [-0.4, -0.2) is 39.9 Å². The highest BCUT2D eigenvalue weighted by molar-refractivity contribution is 6.12. The molecule has 3 aromatic rings. The summed E-state index contributed by atoms with van der Waals surface area (Å²) >= 11 is 0. The number of carbonyl (C=O) groups excluding carboxylic acids is 1. The fourth-order valence-electron chi connectivity index (χ4n) is 4.00. The second-order valence-electron chi connectivity index (χ2n) is 8.14. The van der Waals surface area contributed by atoms with Gasteiger partial charge < -0.3 is 23.8 Å². The Hall–Kier alpha value is -4.44. The van der Waals surface area contributed by atoms with E-state index in [1.165, 1.54) is 0 Å². The third-order valence-corrected chi connectivity index (χ3v) is 5.86. The van der Waals surface area contributed by atoms with Crippen molar-refractivity contribution < 1.29 is 23.7 Å². The summed E-state index contributed by atoms with van der Waals surface area (Å²) in [7, 11) is 3.18. The first-order chi connectivity index (χ1) is 17.6. The molecular formula is C29H28N2O5. The quantitative estimate of drug-likeness (QED) is 0.228. The Labute approximate surface area is 211 Å². The number of fused-ring (bicyclic) bond motifs is 1. The van der Waals surface area contributed by atoms with Crippen molar-refractivity contribution in [2.45, 2.75) is 12.8 Å². The molecule has 0 aromatic heterocycles. The minimum absolute atomic E-state index is 0.0677. The van der Waals surface area contributed by atoms with Crippen molar-refractivity contribution in [1.82, 2.24) is 0 Å². The molecule has 7 heteroatoms. The molecule has 184 valence electrons. The lowest BCUT2D eigenvalue weighted by Crippen LogP contribution is -2.29. The van der Waals surface area contributed by atoms with Gasteiger partial charge in [0.2, 0.25) is 0 Å². The molecule has 0 fully saturated rings. The molecule has 0 radical (unpaired) electrons. The van der Waals surface area contributed by atoms with Gasteiger partial charge in [0.25, 0.3) is 5.91 Å². The number of nitrogens with zero attached hydrogens (tertiary/aromatic N) is 2. The van der Waals surface area contributed by atoms with Crippen LogP contribution in [0.2, 0.25) is 0 Å². The molecule has 1 aliphatic rings. The lowest BCUT2D eigenvalue weighted by molar-refractivity contribution is -0.114. The third-order valence-electron chi connectivity index (χ3n) is 5.86. The summed E-state index contributed by atoms with van der Waals surface area (Å²) in [6.07, 6.45) is 3.05. The third kappa shape index (κ3) is 5.78. The highest BCUT2D eigenvalue weighted by Crippen LogP contribution is 2.31. The van der Waals surface area contributed by atoms with E-state index < -0.39 is 0 Å². The predicted molar refractivity (Wildman–Crippen MR) is 138 cm³/mol. The summed E-state index contributed by atoms with van der Waals surface area (Å²) in [6, 6.07) is 22.6. The van der Waals surface area contributed by atoms with Crippen LogP contribution in [0, 0.1) is 11.3 Å². The lowest BCUT2D eigenvalue weighted by atomic mass is 10.1. The van der Waals surface area contributed by atoms with Gasteiger partial charge in [0.1, 0.15) is 23.1 Å². The van der Waals surface area contributed by atoms with Gasteiger partial charge in [0, 0.05) is 18.7 Å². The van der Waals surface area contributed by atoms with E-state index in [9.17, 15) is 10.1 Å². The molecule has 0 saturated carbocycles. The van der Waals surface area contributed by atoms with E-state index >= 15 is 0 Å². The van der Waals surface area contributed by atoms with Crippen LogP contribution in [0.1, 0.15) is 17.5 Å². The number of amides is 1. The SMILES string of the molecule is COc1ccc(OCCCOc2ccc(/C=C(\C#N)C(=O)N3CCc4ccccc43)cc2OC)cc1. The molecule has 0 atom stereocenters. The van der Waals surface area contributed by atoms with Crippen molar-refractivity contribution >= 4 is 17.7 Å². The maximum Gasteiger partial charge on any atom is 0.268 e. The molecule has 0 bridgehead atoms. The summed E-state index contributed by atoms with van der Waals surface area (Å²) in [5, 5.41) is 9.68. The summed E-state index contributed by atoms with van der Waals surface area (Å²) in [4.78, 5) is 14.7. The summed E-state index contributed by atoms with van der Waals surface area (Å²) in [6.45, 7) is 1.51. The van der Waals surface area contributed by atoms with E-state index in [1.54, 1.807) is 43.4 Å². The zero-order valence-corrected chi connectivity index (χ0v) is 20.4. The maximum atomic E-state index is 13.1. The van der Waals surface area contributed by atoms with Crippen LogP contribution >= 0.6 is 0 Å². The Bertz CT molecular complexity index is 1280. The maximum absolute atomic E-state index is 13.1. The van der Waals surface area contributed by atoms with E-state index in [-0.39, 0.29) is 11.5 Å². The molecule has 7 nitrogen and oxygen atoms in total. The molecule has 0 unspecified atom stereocenters. The molecule has 0 N–H and O–H groups in total. The largest absolute Gasteiger partial charge is 0.497 e. The first-order valence-electron chi connectivity index (χ1n) is 11.7. The van der Waals surface area contributed by atoms with Gasteiger partial charge in [0.15, 0.2) is 11.5 Å². The van der Waals surface area contributed by atoms with E-state index in [1.807, 2.05) is 48.5 Å². The molecule has 0 aliphatic carbocycles. The standard InChI is InChI=1S/C29H28N2O5/c1-33-24-9-11-25(12-10-24)35-16-5-17-36-27-13-8-21(19-28(27)34-2)18-23(20-30)29(32)31-15-14-22-6-3-4-7-26(22)31/h3-4,6-13,18-19H,5,14-17H2,1-2H3/b23-18+. The van der Waals surface area contributed by atoms with Crippen molar-refractivity contribution in [3.8, 4) is 29.1 Å². The van der Waals surface area contributed by atoms with Crippen molar-refractivity contribution in [1.29, 1.82) is 5.26 Å². The molecule has 0 saturated heterocycles. The number of nitriles is 1. The number of ether oxygens (including phenoxy) is 4. The second kappa shape index (κ2) is 11.8. The Kier molecular flexibility index (Phi) is 8.09. The molecular weight excluding hydrogens is 456 g/mol. The predicted octanol–water partition coefficient (Wildman–Crippen LogP) is 5.05. The van der Waals surface area contributed by atoms with Crippen LogP contribution in [0.5, 0.6) is 23.0 Å². The van der Waals surface area contributed by atoms with Gasteiger partial charge in [-0.05, 0) is 66.1 Å². The van der Waals surface area contributed by atoms with Gasteiger partial charge in [-0.2, -0.15) is 5.26 Å². The van der Waals surface area contributed by atoms with Crippen molar-refractivity contribution in [2.75, 3.05) is 38.9 Å². The van der Waals surface area contributed by atoms with Crippen LogP contribution < -0.4 is 23.8 Å². The van der Waals surface area contributed by atoms with Crippen LogP contribution in [0.25, 0.3) is 6.08 Å². The van der Waals surface area contributed by atoms with Crippen molar-refractivity contribution in [2.24, 2.45) is 0 Å². The molecule has 4 rings (SSSR count). The van der Waals surface area contributed by atoms with E-state index in [0.717, 1.165) is 29.2 Å². The molecule has 0 spiro atoms. The van der Waals surface area contributed by atoms with E-state index in [2.05, 4.69) is 6.07 Å². The summed E-state index contributed by atoms with van der Waals surface area (Å²) in [5.41, 5.74) is 2.72. The number of hydrogen-bond acceptors (Lipinski definition) is 6. The lowest BCUT2D eigenvalue weighted by Gasteiger charge is -2.16. The van der Waals surface area contributed by atoms with Gasteiger partial charge in [-0.25, -0.2) is 0 Å². The molecule has 36 heavy (non-hydrogen) atoms. The molecule has 1 heterocycles. The minimum atomic E-state index is -0.307. The topological polar surface area (TPSA) is 81.0 Å². The Morgan fingerprint density at radius 3 is 2.44 bits per heavy atom. The number of benzene rings is 3. The van der Waals surface area contributed by atoms with Crippen LogP contribution in [0.3, 0.4) is 0 Å². The highest BCUT2D eigenvalue weighted by Gasteiger charge is 2.26. The first kappa shape index (κ1) is 24.7. The number of hydrogen-bond donors (Lipinski definition) is 0. The fraction of sp³-hybridized carbons (Fsp3) is 0.241. The zero-order valence-electron chi connectivity index (χ0n) is 20.4. The van der Waals surface area contributed by atoms with Gasteiger partial charge >= 0.3 is 0 Å². The molecule has 1 amide bonds. The minimum Gasteiger partial charge on any atom is -0.497 e. The molecule has 3 aromatic carbocycles. The van der Waals surface area contributed by atoms with Crippen LogP contribution in [0.15, 0.2) is 72.3 Å². The first-order valence-corrected chi connectivity index (χ1v) is 11.7. The molecule has 1 aliphatic heterocycles. The van der Waals surface area contributed by atoms with Crippen molar-refractivity contribution in [3.63, 3.8) is 0 Å².